The summed E-state index contributed by atoms with van der Waals surface area (Å²) in [5, 5.41) is 8.81. The molecule has 0 saturated heterocycles. The van der Waals surface area contributed by atoms with Gasteiger partial charge in [-0.2, -0.15) is 0 Å². The quantitative estimate of drug-likeness (QED) is 0.886. The number of carbonyl (C=O) groups is 1. The zero-order chi connectivity index (χ0) is 12.4. The van der Waals surface area contributed by atoms with Gasteiger partial charge in [-0.3, -0.25) is 4.79 Å². The number of halogens is 2. The van der Waals surface area contributed by atoms with Gasteiger partial charge in [0.05, 0.1) is 12.0 Å². The number of rotatable bonds is 3. The zero-order valence-corrected chi connectivity index (χ0v) is 9.03. The highest BCUT2D eigenvalue weighted by Gasteiger charge is 2.31. The molecule has 92 valence electrons. The third-order valence-corrected chi connectivity index (χ3v) is 2.93. The average molecular weight is 242 g/mol. The van der Waals surface area contributed by atoms with Crippen molar-refractivity contribution in [3.8, 4) is 5.75 Å². The van der Waals surface area contributed by atoms with E-state index in [0.29, 0.717) is 19.3 Å². The second kappa shape index (κ2) is 4.69. The fourth-order valence-corrected chi connectivity index (χ4v) is 2.01. The molecule has 0 heterocycles. The van der Waals surface area contributed by atoms with Crippen LogP contribution in [0.3, 0.4) is 0 Å². The van der Waals surface area contributed by atoms with Crippen LogP contribution in [0.5, 0.6) is 5.75 Å². The molecule has 1 fully saturated rings. The van der Waals surface area contributed by atoms with Crippen molar-refractivity contribution in [2.45, 2.75) is 25.4 Å². The zero-order valence-electron chi connectivity index (χ0n) is 9.03. The van der Waals surface area contributed by atoms with Crippen molar-refractivity contribution in [3.05, 3.63) is 29.8 Å². The molecule has 0 spiro atoms. The van der Waals surface area contributed by atoms with E-state index in [0.717, 1.165) is 12.1 Å². The Morgan fingerprint density at radius 3 is 2.65 bits per heavy atom. The summed E-state index contributed by atoms with van der Waals surface area (Å²) in [6.45, 7) is 0. The third-order valence-electron chi connectivity index (χ3n) is 2.93. The fraction of sp³-hybridized carbons (Fsp3) is 0.417. The molecule has 0 radical (unpaired) electrons. The first-order chi connectivity index (χ1) is 8.06. The number of hydrogen-bond donors (Lipinski definition) is 1. The Bertz CT molecular complexity index is 434. The standard InChI is InChI=1S/C12H12F2O3/c13-10-4-3-9(6-11(10)14)17-8-2-1-7(5-8)12(15)16/h3-4,6-8H,1-2,5H2,(H,15,16). The normalized spacial score (nSPS) is 23.6. The summed E-state index contributed by atoms with van der Waals surface area (Å²) in [7, 11) is 0. The predicted octanol–water partition coefficient (Wildman–Crippen LogP) is 2.60. The van der Waals surface area contributed by atoms with Crippen LogP contribution in [0, 0.1) is 17.6 Å². The minimum absolute atomic E-state index is 0.235. The van der Waals surface area contributed by atoms with Crippen molar-refractivity contribution in [1.82, 2.24) is 0 Å². The Kier molecular flexibility index (Phi) is 3.26. The summed E-state index contributed by atoms with van der Waals surface area (Å²) in [5.41, 5.74) is 0. The Morgan fingerprint density at radius 1 is 1.29 bits per heavy atom. The maximum atomic E-state index is 12.9. The molecule has 3 nitrogen and oxygen atoms in total. The Balaban J connectivity index is 1.98. The van der Waals surface area contributed by atoms with Gasteiger partial charge in [0, 0.05) is 6.07 Å². The van der Waals surface area contributed by atoms with Gasteiger partial charge in [0.2, 0.25) is 0 Å². The Hall–Kier alpha value is -1.65. The molecule has 17 heavy (non-hydrogen) atoms. The molecular formula is C12H12F2O3. The summed E-state index contributed by atoms with van der Waals surface area (Å²) in [6.07, 6.45) is 1.36. The minimum atomic E-state index is -0.963. The molecule has 0 aliphatic heterocycles. The van der Waals surface area contributed by atoms with Crippen LogP contribution in [0.25, 0.3) is 0 Å². The first-order valence-corrected chi connectivity index (χ1v) is 5.41. The van der Waals surface area contributed by atoms with Gasteiger partial charge in [-0.25, -0.2) is 8.78 Å². The lowest BCUT2D eigenvalue weighted by molar-refractivity contribution is -0.141. The summed E-state index contributed by atoms with van der Waals surface area (Å²) in [4.78, 5) is 10.7. The highest BCUT2D eigenvalue weighted by Crippen LogP contribution is 2.29. The van der Waals surface area contributed by atoms with Crippen LogP contribution >= 0.6 is 0 Å². The predicted molar refractivity (Wildman–Crippen MR) is 55.8 cm³/mol. The molecule has 0 bridgehead atoms. The van der Waals surface area contributed by atoms with Crippen molar-refractivity contribution in [2.75, 3.05) is 0 Å². The number of aliphatic carboxylic acids is 1. The topological polar surface area (TPSA) is 46.5 Å². The molecule has 1 saturated carbocycles. The highest BCUT2D eigenvalue weighted by molar-refractivity contribution is 5.70. The maximum Gasteiger partial charge on any atom is 0.306 e. The molecule has 1 N–H and O–H groups in total. The van der Waals surface area contributed by atoms with E-state index in [1.54, 1.807) is 0 Å². The van der Waals surface area contributed by atoms with Crippen molar-refractivity contribution in [1.29, 1.82) is 0 Å². The van der Waals surface area contributed by atoms with Crippen molar-refractivity contribution in [2.24, 2.45) is 5.92 Å². The molecule has 0 amide bonds. The molecule has 1 aromatic rings. The lowest BCUT2D eigenvalue weighted by Crippen LogP contribution is -2.15. The Morgan fingerprint density at radius 2 is 2.06 bits per heavy atom. The van der Waals surface area contributed by atoms with Crippen molar-refractivity contribution < 1.29 is 23.4 Å². The van der Waals surface area contributed by atoms with E-state index in [2.05, 4.69) is 0 Å². The van der Waals surface area contributed by atoms with Crippen LogP contribution in [0.2, 0.25) is 0 Å². The van der Waals surface area contributed by atoms with Gasteiger partial charge in [-0.15, -0.1) is 0 Å². The van der Waals surface area contributed by atoms with Crippen molar-refractivity contribution >= 4 is 5.97 Å². The minimum Gasteiger partial charge on any atom is -0.490 e. The molecule has 5 heteroatoms. The van der Waals surface area contributed by atoms with Crippen LogP contribution in [-0.2, 0) is 4.79 Å². The first-order valence-electron chi connectivity index (χ1n) is 5.41. The van der Waals surface area contributed by atoms with Crippen LogP contribution in [0.4, 0.5) is 8.78 Å². The third kappa shape index (κ3) is 2.72. The van der Waals surface area contributed by atoms with Crippen LogP contribution in [-0.4, -0.2) is 17.2 Å². The van der Waals surface area contributed by atoms with E-state index in [-0.39, 0.29) is 11.9 Å². The second-order valence-electron chi connectivity index (χ2n) is 4.16. The van der Waals surface area contributed by atoms with Gasteiger partial charge in [-0.1, -0.05) is 0 Å². The molecule has 1 aliphatic rings. The lowest BCUT2D eigenvalue weighted by Gasteiger charge is -2.13. The highest BCUT2D eigenvalue weighted by atomic mass is 19.2. The molecular weight excluding hydrogens is 230 g/mol. The van der Waals surface area contributed by atoms with E-state index < -0.39 is 23.5 Å². The number of carboxylic acids is 1. The van der Waals surface area contributed by atoms with E-state index in [4.69, 9.17) is 9.84 Å². The van der Waals surface area contributed by atoms with Gasteiger partial charge in [0.1, 0.15) is 5.75 Å². The maximum absolute atomic E-state index is 12.9. The van der Waals surface area contributed by atoms with Gasteiger partial charge >= 0.3 is 5.97 Å². The van der Waals surface area contributed by atoms with Gasteiger partial charge in [0.15, 0.2) is 11.6 Å². The van der Waals surface area contributed by atoms with E-state index in [1.165, 1.54) is 6.07 Å². The van der Waals surface area contributed by atoms with Crippen molar-refractivity contribution in [3.63, 3.8) is 0 Å². The van der Waals surface area contributed by atoms with Crippen LogP contribution in [0.15, 0.2) is 18.2 Å². The largest absolute Gasteiger partial charge is 0.490 e. The van der Waals surface area contributed by atoms with Crippen LogP contribution in [0.1, 0.15) is 19.3 Å². The van der Waals surface area contributed by atoms with E-state index >= 15 is 0 Å². The smallest absolute Gasteiger partial charge is 0.306 e. The van der Waals surface area contributed by atoms with Gasteiger partial charge in [-0.05, 0) is 31.4 Å². The fourth-order valence-electron chi connectivity index (χ4n) is 2.01. The molecule has 2 unspecified atom stereocenters. The lowest BCUT2D eigenvalue weighted by atomic mass is 10.1. The number of hydrogen-bond acceptors (Lipinski definition) is 2. The second-order valence-corrected chi connectivity index (χ2v) is 4.16. The Labute approximate surface area is 97.0 Å². The summed E-state index contributed by atoms with van der Waals surface area (Å²) < 4.78 is 31.0. The molecule has 2 rings (SSSR count). The number of carboxylic acid groups (broad SMARTS) is 1. The molecule has 1 aliphatic carbocycles. The summed E-state index contributed by atoms with van der Waals surface area (Å²) in [6, 6.07) is 3.31. The monoisotopic (exact) mass is 242 g/mol. The summed E-state index contributed by atoms with van der Waals surface area (Å²) >= 11 is 0. The molecule has 0 aromatic heterocycles. The first kappa shape index (κ1) is 11.8. The van der Waals surface area contributed by atoms with Gasteiger partial charge in [0.25, 0.3) is 0 Å². The number of benzene rings is 1. The SMILES string of the molecule is O=C(O)C1CCC(Oc2ccc(F)c(F)c2)C1. The number of ether oxygens (including phenoxy) is 1. The molecule has 1 aromatic carbocycles. The van der Waals surface area contributed by atoms with E-state index in [1.807, 2.05) is 0 Å². The molecule has 2 atom stereocenters. The van der Waals surface area contributed by atoms with Gasteiger partial charge < -0.3 is 9.84 Å². The van der Waals surface area contributed by atoms with Crippen LogP contribution < -0.4 is 4.74 Å². The summed E-state index contributed by atoms with van der Waals surface area (Å²) in [5.74, 6) is -2.88. The average Bonchev–Trinajstić information content (AvgIpc) is 2.72. The van der Waals surface area contributed by atoms with E-state index in [9.17, 15) is 13.6 Å².